The molecule has 3 nitrogen and oxygen atoms in total. The molecule has 0 aromatic heterocycles. The van der Waals surface area contributed by atoms with E-state index >= 15 is 0 Å². The minimum Gasteiger partial charge on any atom is -0.481 e. The quantitative estimate of drug-likeness (QED) is 0.826. The second kappa shape index (κ2) is 7.25. The minimum absolute atomic E-state index is 0.303. The first-order valence-corrected chi connectivity index (χ1v) is 9.08. The van der Waals surface area contributed by atoms with Crippen LogP contribution in [-0.2, 0) is 4.79 Å². The fourth-order valence-corrected chi connectivity index (χ4v) is 4.09. The predicted octanol–water partition coefficient (Wildman–Crippen LogP) is 4.69. The Labute approximate surface area is 144 Å². The molecule has 0 amide bonds. The Morgan fingerprint density at radius 2 is 2.04 bits per heavy atom. The highest BCUT2D eigenvalue weighted by atomic mass is 16.4. The van der Waals surface area contributed by atoms with Crippen molar-refractivity contribution in [3.63, 3.8) is 0 Å². The fourth-order valence-electron chi connectivity index (χ4n) is 4.09. The van der Waals surface area contributed by atoms with Crippen LogP contribution < -0.4 is 5.32 Å². The van der Waals surface area contributed by atoms with E-state index in [1.165, 1.54) is 24.0 Å². The highest BCUT2D eigenvalue weighted by Crippen LogP contribution is 2.44. The molecule has 0 radical (unpaired) electrons. The molecule has 0 spiro atoms. The van der Waals surface area contributed by atoms with Crippen molar-refractivity contribution in [1.29, 1.82) is 0 Å². The Balaban J connectivity index is 1.93. The number of carboxylic acids is 1. The van der Waals surface area contributed by atoms with E-state index in [1.54, 1.807) is 0 Å². The summed E-state index contributed by atoms with van der Waals surface area (Å²) in [6.45, 7) is 4.49. The van der Waals surface area contributed by atoms with Crippen molar-refractivity contribution < 1.29 is 9.90 Å². The number of nitrogens with one attached hydrogen (secondary N) is 1. The maximum Gasteiger partial charge on any atom is 0.310 e. The molecular formula is C21H27NO2. The summed E-state index contributed by atoms with van der Waals surface area (Å²) < 4.78 is 0. The van der Waals surface area contributed by atoms with Crippen LogP contribution >= 0.6 is 0 Å². The smallest absolute Gasteiger partial charge is 0.310 e. The lowest BCUT2D eigenvalue weighted by molar-refractivity contribution is -0.140. The number of fused-ring (bicyclic) bond motifs is 1. The van der Waals surface area contributed by atoms with Crippen molar-refractivity contribution >= 4 is 5.97 Å². The Morgan fingerprint density at radius 3 is 2.71 bits per heavy atom. The molecule has 128 valence electrons. The van der Waals surface area contributed by atoms with Crippen molar-refractivity contribution in [3.8, 4) is 0 Å². The van der Waals surface area contributed by atoms with Crippen molar-refractivity contribution in [2.75, 3.05) is 0 Å². The summed E-state index contributed by atoms with van der Waals surface area (Å²) in [5, 5.41) is 13.1. The van der Waals surface area contributed by atoms with Crippen LogP contribution in [0.5, 0.6) is 0 Å². The maximum atomic E-state index is 11.4. The van der Waals surface area contributed by atoms with E-state index in [-0.39, 0.29) is 5.92 Å². The number of carbonyl (C=O) groups is 1. The molecule has 0 saturated carbocycles. The van der Waals surface area contributed by atoms with E-state index < -0.39 is 5.97 Å². The lowest BCUT2D eigenvalue weighted by Gasteiger charge is -2.43. The molecule has 2 aliphatic rings. The van der Waals surface area contributed by atoms with Gasteiger partial charge in [-0.15, -0.1) is 0 Å². The molecule has 0 bridgehead atoms. The molecule has 2 N–H and O–H groups in total. The van der Waals surface area contributed by atoms with E-state index in [0.717, 1.165) is 12.1 Å². The van der Waals surface area contributed by atoms with E-state index in [2.05, 4.69) is 55.6 Å². The molecule has 1 aromatic rings. The van der Waals surface area contributed by atoms with Crippen LogP contribution in [0, 0.1) is 17.8 Å². The van der Waals surface area contributed by atoms with Gasteiger partial charge < -0.3 is 10.4 Å². The highest BCUT2D eigenvalue weighted by Gasteiger charge is 2.38. The molecule has 3 rings (SSSR count). The van der Waals surface area contributed by atoms with Gasteiger partial charge in [-0.2, -0.15) is 0 Å². The molecule has 4 unspecified atom stereocenters. The first kappa shape index (κ1) is 16.8. The van der Waals surface area contributed by atoms with Gasteiger partial charge in [-0.05, 0) is 35.8 Å². The topological polar surface area (TPSA) is 49.3 Å². The number of allylic oxidation sites excluding steroid dienone is 2. The summed E-state index contributed by atoms with van der Waals surface area (Å²) in [4.78, 5) is 11.4. The SMILES string of the molecule is CCCCC1C(C)C2=CC(C(=O)O)CC=C2NC1c1ccccc1. The molecule has 1 aliphatic carbocycles. The largest absolute Gasteiger partial charge is 0.481 e. The number of benzene rings is 1. The monoisotopic (exact) mass is 325 g/mol. The number of carboxylic acid groups (broad SMARTS) is 1. The average molecular weight is 325 g/mol. The zero-order valence-corrected chi connectivity index (χ0v) is 14.5. The van der Waals surface area contributed by atoms with Crippen molar-refractivity contribution in [1.82, 2.24) is 5.32 Å². The zero-order chi connectivity index (χ0) is 17.1. The molecule has 1 aromatic carbocycles. The third-order valence-corrected chi connectivity index (χ3v) is 5.51. The second-order valence-electron chi connectivity index (χ2n) is 7.05. The second-order valence-corrected chi connectivity index (χ2v) is 7.05. The normalized spacial score (nSPS) is 29.1. The summed E-state index contributed by atoms with van der Waals surface area (Å²) in [7, 11) is 0. The number of piperidine rings is 1. The molecule has 1 saturated heterocycles. The van der Waals surface area contributed by atoms with Crippen LogP contribution in [0.3, 0.4) is 0 Å². The molecule has 1 heterocycles. The van der Waals surface area contributed by atoms with E-state index in [0.29, 0.717) is 24.3 Å². The minimum atomic E-state index is -0.722. The van der Waals surface area contributed by atoms with Gasteiger partial charge in [0.1, 0.15) is 0 Å². The number of hydrogen-bond donors (Lipinski definition) is 2. The molecule has 4 atom stereocenters. The molecule has 1 aliphatic heterocycles. The van der Waals surface area contributed by atoms with Gasteiger partial charge in [-0.25, -0.2) is 0 Å². The molecular weight excluding hydrogens is 298 g/mol. The van der Waals surface area contributed by atoms with Crippen LogP contribution in [0.1, 0.15) is 51.1 Å². The first-order valence-electron chi connectivity index (χ1n) is 9.08. The lowest BCUT2D eigenvalue weighted by atomic mass is 9.71. The molecule has 1 fully saturated rings. The van der Waals surface area contributed by atoms with E-state index in [1.807, 2.05) is 6.08 Å². The Kier molecular flexibility index (Phi) is 5.08. The summed E-state index contributed by atoms with van der Waals surface area (Å²) in [6, 6.07) is 10.9. The van der Waals surface area contributed by atoms with Crippen molar-refractivity contribution in [2.24, 2.45) is 17.8 Å². The Hall–Kier alpha value is -2.03. The number of rotatable bonds is 5. The van der Waals surface area contributed by atoms with Crippen LogP contribution in [0.4, 0.5) is 0 Å². The highest BCUT2D eigenvalue weighted by molar-refractivity contribution is 5.73. The lowest BCUT2D eigenvalue weighted by Crippen LogP contribution is -2.40. The number of aliphatic carboxylic acids is 1. The summed E-state index contributed by atoms with van der Waals surface area (Å²) in [5.41, 5.74) is 3.66. The first-order chi connectivity index (χ1) is 11.6. The van der Waals surface area contributed by atoms with Crippen molar-refractivity contribution in [3.05, 3.63) is 59.3 Å². The van der Waals surface area contributed by atoms with Crippen LogP contribution in [0.15, 0.2) is 53.8 Å². The van der Waals surface area contributed by atoms with Gasteiger partial charge in [0.15, 0.2) is 0 Å². The van der Waals surface area contributed by atoms with Gasteiger partial charge in [-0.3, -0.25) is 4.79 Å². The third-order valence-electron chi connectivity index (χ3n) is 5.51. The summed E-state index contributed by atoms with van der Waals surface area (Å²) >= 11 is 0. The molecule has 3 heteroatoms. The number of unbranched alkanes of at least 4 members (excludes halogenated alkanes) is 1. The third kappa shape index (κ3) is 3.26. The van der Waals surface area contributed by atoms with Crippen LogP contribution in [0.25, 0.3) is 0 Å². The van der Waals surface area contributed by atoms with Crippen molar-refractivity contribution in [2.45, 2.75) is 45.6 Å². The van der Waals surface area contributed by atoms with Crippen LogP contribution in [0.2, 0.25) is 0 Å². The number of hydrogen-bond acceptors (Lipinski definition) is 2. The zero-order valence-electron chi connectivity index (χ0n) is 14.5. The van der Waals surface area contributed by atoms with Gasteiger partial charge in [0.25, 0.3) is 0 Å². The van der Waals surface area contributed by atoms with E-state index in [9.17, 15) is 9.90 Å². The summed E-state index contributed by atoms with van der Waals surface area (Å²) in [5.74, 6) is -0.243. The maximum absolute atomic E-state index is 11.4. The van der Waals surface area contributed by atoms with Gasteiger partial charge in [-0.1, -0.05) is 69.2 Å². The fraction of sp³-hybridized carbons (Fsp3) is 0.476. The van der Waals surface area contributed by atoms with Gasteiger partial charge in [0.2, 0.25) is 0 Å². The summed E-state index contributed by atoms with van der Waals surface area (Å²) in [6.07, 6.45) is 8.19. The standard InChI is InChI=1S/C21H27NO2/c1-3-4-10-17-14(2)18-13-16(21(23)24)11-12-19(18)22-20(17)15-8-6-5-7-9-15/h5-9,12-14,16-17,20,22H,3-4,10-11H2,1-2H3,(H,23,24). The Morgan fingerprint density at radius 1 is 1.29 bits per heavy atom. The Bertz CT molecular complexity index is 647. The van der Waals surface area contributed by atoms with Crippen LogP contribution in [-0.4, -0.2) is 11.1 Å². The van der Waals surface area contributed by atoms with Gasteiger partial charge in [0.05, 0.1) is 12.0 Å². The molecule has 24 heavy (non-hydrogen) atoms. The average Bonchev–Trinajstić information content (AvgIpc) is 2.61. The van der Waals surface area contributed by atoms with Gasteiger partial charge >= 0.3 is 5.97 Å². The van der Waals surface area contributed by atoms with Gasteiger partial charge in [0, 0.05) is 5.70 Å². The van der Waals surface area contributed by atoms with E-state index in [4.69, 9.17) is 0 Å². The predicted molar refractivity (Wildman–Crippen MR) is 96.4 cm³/mol.